The molecule has 2 aliphatic heterocycles. The Morgan fingerprint density at radius 2 is 1.71 bits per heavy atom. The van der Waals surface area contributed by atoms with Gasteiger partial charge in [0.2, 0.25) is 5.91 Å². The van der Waals surface area contributed by atoms with Crippen LogP contribution in [0.1, 0.15) is 58.3 Å². The number of halogens is 4. The highest BCUT2D eigenvalue weighted by Gasteiger charge is 2.33. The molecule has 1 N–H and O–H groups in total. The second-order valence-corrected chi connectivity index (χ2v) is 10.4. The Morgan fingerprint density at radius 1 is 0.971 bits per heavy atom. The molecule has 10 heteroatoms. The minimum absolute atomic E-state index is 0.0124. The second-order valence-electron chi connectivity index (χ2n) is 8.74. The van der Waals surface area contributed by atoms with E-state index in [4.69, 9.17) is 46.4 Å². The minimum atomic E-state index is -0.298. The molecule has 0 spiro atoms. The van der Waals surface area contributed by atoms with Crippen LogP contribution in [0.4, 0.5) is 17.1 Å². The van der Waals surface area contributed by atoms with E-state index in [-0.39, 0.29) is 40.0 Å². The van der Waals surface area contributed by atoms with Gasteiger partial charge in [0.05, 0.1) is 27.2 Å². The van der Waals surface area contributed by atoms with Gasteiger partial charge in [-0.2, -0.15) is 10.1 Å². The number of amidine groups is 1. The maximum Gasteiger partial charge on any atom is 0.255 e. The fraction of sp³-hybridized carbons (Fsp3) is 0.400. The fourth-order valence-electron chi connectivity index (χ4n) is 4.50. The number of rotatable bonds is 8. The predicted molar refractivity (Wildman–Crippen MR) is 145 cm³/mol. The van der Waals surface area contributed by atoms with E-state index < -0.39 is 0 Å². The van der Waals surface area contributed by atoms with Crippen LogP contribution in [-0.2, 0) is 9.59 Å². The number of hydrogen-bond acceptors (Lipinski definition) is 4. The standard InChI is InChI=1S/C25H26Cl4N4O2/c1-2-3-4-5-6-16-8-10-23(34)32(16)17-7-9-18(27)21(13-17)30-22-14-24(35)33(31-22)25-19(28)11-15(26)12-20(25)29/h7,9,11-13,16H,2-6,8,10,14H2,1H3,(H,30,31). The maximum absolute atomic E-state index is 12.7. The zero-order valence-corrected chi connectivity index (χ0v) is 22.3. The van der Waals surface area contributed by atoms with Gasteiger partial charge in [0, 0.05) is 23.2 Å². The third kappa shape index (κ3) is 5.88. The molecule has 4 rings (SSSR count). The average Bonchev–Trinajstić information content (AvgIpc) is 3.34. The van der Waals surface area contributed by atoms with Crippen molar-refractivity contribution in [1.29, 1.82) is 0 Å². The molecule has 186 valence electrons. The van der Waals surface area contributed by atoms with Crippen molar-refractivity contribution in [3.63, 3.8) is 0 Å². The van der Waals surface area contributed by atoms with E-state index in [1.54, 1.807) is 6.07 Å². The van der Waals surface area contributed by atoms with Gasteiger partial charge in [-0.3, -0.25) is 9.59 Å². The van der Waals surface area contributed by atoms with Gasteiger partial charge < -0.3 is 10.2 Å². The largest absolute Gasteiger partial charge is 0.341 e. The van der Waals surface area contributed by atoms with E-state index in [1.165, 1.54) is 31.4 Å². The lowest BCUT2D eigenvalue weighted by atomic mass is 10.0. The van der Waals surface area contributed by atoms with Crippen LogP contribution >= 0.6 is 46.4 Å². The molecule has 2 aliphatic rings. The van der Waals surface area contributed by atoms with Crippen LogP contribution in [0.3, 0.4) is 0 Å². The normalized spacial score (nSPS) is 18.0. The van der Waals surface area contributed by atoms with Crippen molar-refractivity contribution in [3.05, 3.63) is 50.4 Å². The van der Waals surface area contributed by atoms with Crippen molar-refractivity contribution in [2.45, 2.75) is 64.3 Å². The summed E-state index contributed by atoms with van der Waals surface area (Å²) < 4.78 is 0. The van der Waals surface area contributed by atoms with Gasteiger partial charge in [0.25, 0.3) is 5.91 Å². The van der Waals surface area contributed by atoms with Crippen molar-refractivity contribution < 1.29 is 9.59 Å². The molecule has 2 heterocycles. The molecule has 35 heavy (non-hydrogen) atoms. The lowest BCUT2D eigenvalue weighted by Crippen LogP contribution is -2.33. The molecule has 0 bridgehead atoms. The fourth-order valence-corrected chi connectivity index (χ4v) is 5.65. The zero-order valence-electron chi connectivity index (χ0n) is 19.3. The van der Waals surface area contributed by atoms with Crippen molar-refractivity contribution in [2.75, 3.05) is 15.2 Å². The molecule has 2 amide bonds. The van der Waals surface area contributed by atoms with E-state index in [1.807, 2.05) is 17.0 Å². The predicted octanol–water partition coefficient (Wildman–Crippen LogP) is 7.93. The summed E-state index contributed by atoms with van der Waals surface area (Å²) in [5.41, 5.74) is 1.62. The summed E-state index contributed by atoms with van der Waals surface area (Å²) in [5, 5.41) is 9.95. The van der Waals surface area contributed by atoms with Gasteiger partial charge in [0.15, 0.2) is 0 Å². The van der Waals surface area contributed by atoms with Gasteiger partial charge in [-0.15, -0.1) is 0 Å². The summed E-state index contributed by atoms with van der Waals surface area (Å²) in [6.07, 6.45) is 7.06. The average molecular weight is 556 g/mol. The molecular formula is C25H26Cl4N4O2. The Kier molecular flexibility index (Phi) is 8.48. The number of hydrogen-bond donors (Lipinski definition) is 1. The highest BCUT2D eigenvalue weighted by atomic mass is 35.5. The third-order valence-corrected chi connectivity index (χ3v) is 7.32. The number of carbonyl (C=O) groups is 2. The first kappa shape index (κ1) is 26.1. The van der Waals surface area contributed by atoms with E-state index in [9.17, 15) is 9.59 Å². The molecule has 0 radical (unpaired) electrons. The van der Waals surface area contributed by atoms with Gasteiger partial charge in [-0.25, -0.2) is 0 Å². The summed E-state index contributed by atoms with van der Waals surface area (Å²) in [6, 6.07) is 8.64. The monoisotopic (exact) mass is 554 g/mol. The van der Waals surface area contributed by atoms with Crippen LogP contribution in [0, 0.1) is 0 Å². The molecule has 1 unspecified atom stereocenters. The third-order valence-electron chi connectivity index (χ3n) is 6.19. The number of anilines is 3. The number of nitrogens with zero attached hydrogens (tertiary/aromatic N) is 3. The number of nitrogens with one attached hydrogen (secondary N) is 1. The molecule has 0 saturated carbocycles. The molecule has 1 fully saturated rings. The van der Waals surface area contributed by atoms with Crippen LogP contribution in [0.25, 0.3) is 0 Å². The lowest BCUT2D eigenvalue weighted by Gasteiger charge is -2.26. The van der Waals surface area contributed by atoms with E-state index in [0.717, 1.165) is 30.0 Å². The summed E-state index contributed by atoms with van der Waals surface area (Å²) >= 11 is 25.0. The first-order chi connectivity index (χ1) is 16.8. The Hall–Kier alpha value is -1.99. The number of benzene rings is 2. The number of amides is 2. The minimum Gasteiger partial charge on any atom is -0.341 e. The van der Waals surface area contributed by atoms with Gasteiger partial charge in [0.1, 0.15) is 11.5 Å². The van der Waals surface area contributed by atoms with Crippen LogP contribution in [0.2, 0.25) is 20.1 Å². The Balaban J connectivity index is 1.54. The summed E-state index contributed by atoms with van der Waals surface area (Å²) in [4.78, 5) is 27.3. The van der Waals surface area contributed by atoms with E-state index >= 15 is 0 Å². The van der Waals surface area contributed by atoms with Crippen LogP contribution in [-0.4, -0.2) is 23.7 Å². The lowest BCUT2D eigenvalue weighted by molar-refractivity contribution is -0.117. The Bertz CT molecular complexity index is 1150. The maximum atomic E-state index is 12.7. The van der Waals surface area contributed by atoms with Crippen molar-refractivity contribution in [1.82, 2.24) is 0 Å². The smallest absolute Gasteiger partial charge is 0.255 e. The SMILES string of the molecule is CCCCCCC1CCC(=O)N1c1ccc(Cl)c(NC2=NN(c3c(Cl)cc(Cl)cc3Cl)C(=O)C2)c1. The van der Waals surface area contributed by atoms with Gasteiger partial charge >= 0.3 is 0 Å². The van der Waals surface area contributed by atoms with Crippen LogP contribution < -0.4 is 15.2 Å². The Morgan fingerprint density at radius 3 is 2.43 bits per heavy atom. The van der Waals surface area contributed by atoms with Crippen LogP contribution in [0.15, 0.2) is 35.4 Å². The molecular weight excluding hydrogens is 530 g/mol. The van der Waals surface area contributed by atoms with Gasteiger partial charge in [-0.1, -0.05) is 79.0 Å². The summed E-state index contributed by atoms with van der Waals surface area (Å²) in [5.74, 6) is 0.207. The molecule has 6 nitrogen and oxygen atoms in total. The quantitative estimate of drug-likeness (QED) is 0.336. The number of carbonyl (C=O) groups excluding carboxylic acids is 2. The topological polar surface area (TPSA) is 65.0 Å². The highest BCUT2D eigenvalue weighted by Crippen LogP contribution is 2.39. The molecule has 1 saturated heterocycles. The van der Waals surface area contributed by atoms with E-state index in [2.05, 4.69) is 17.3 Å². The summed E-state index contributed by atoms with van der Waals surface area (Å²) in [6.45, 7) is 2.19. The second kappa shape index (κ2) is 11.4. The zero-order chi connectivity index (χ0) is 25.1. The summed E-state index contributed by atoms with van der Waals surface area (Å²) in [7, 11) is 0. The van der Waals surface area contributed by atoms with E-state index in [0.29, 0.717) is 28.0 Å². The number of unbranched alkanes of at least 4 members (excludes halogenated alkanes) is 3. The first-order valence-corrected chi connectivity index (χ1v) is 13.2. The van der Waals surface area contributed by atoms with Crippen LogP contribution in [0.5, 0.6) is 0 Å². The molecule has 2 aromatic carbocycles. The molecule has 0 aliphatic carbocycles. The van der Waals surface area contributed by atoms with Crippen molar-refractivity contribution in [2.24, 2.45) is 5.10 Å². The molecule has 0 aromatic heterocycles. The van der Waals surface area contributed by atoms with Crippen molar-refractivity contribution >= 4 is 81.1 Å². The highest BCUT2D eigenvalue weighted by molar-refractivity contribution is 6.42. The number of hydrazone groups is 1. The molecule has 1 atom stereocenters. The molecule has 2 aromatic rings. The first-order valence-electron chi connectivity index (χ1n) is 11.7. The van der Waals surface area contributed by atoms with Gasteiger partial charge in [-0.05, 0) is 43.2 Å². The van der Waals surface area contributed by atoms with Crippen molar-refractivity contribution in [3.8, 4) is 0 Å². The Labute approximate surface area is 225 Å².